The molecule has 0 unspecified atom stereocenters. The van der Waals surface area contributed by atoms with Gasteiger partial charge in [0.1, 0.15) is 0 Å². The Morgan fingerprint density at radius 1 is 0.298 bits per heavy atom. The summed E-state index contributed by atoms with van der Waals surface area (Å²) in [7, 11) is 0. The van der Waals surface area contributed by atoms with E-state index in [0.29, 0.717) is 11.0 Å². The fourth-order valence-corrected chi connectivity index (χ4v) is 8.93. The van der Waals surface area contributed by atoms with E-state index < -0.39 is 6.04 Å². The van der Waals surface area contributed by atoms with Gasteiger partial charge in [-0.15, -0.1) is 0 Å². The molecule has 0 radical (unpaired) electrons. The summed E-state index contributed by atoms with van der Waals surface area (Å²) in [5, 5.41) is 10.7. The maximum atomic E-state index is 9.07. The molecule has 0 amide bonds. The van der Waals surface area contributed by atoms with Crippen molar-refractivity contribution in [2.45, 2.75) is 0 Å². The highest BCUT2D eigenvalue weighted by molar-refractivity contribution is 6.12. The molecule has 0 atom stereocenters. The predicted octanol–water partition coefficient (Wildman–Crippen LogP) is 14.4. The van der Waals surface area contributed by atoms with Crippen LogP contribution in [0.2, 0.25) is 0 Å². The molecule has 12 rings (SSSR count). The molecule has 0 aliphatic carbocycles. The SMILES string of the molecule is [2H]c1c([2H])c([2H])c(-n2c3cccc(c3)c3cccc(c3)n(-c3ccc4c(c3)c3ccccc3n4-c3cccc4ccccc34)c3ccc4ccc5ccc2cc5c4c3)c([2H])c1[2H]. The minimum Gasteiger partial charge on any atom is -0.310 e. The lowest BCUT2D eigenvalue weighted by molar-refractivity contribution is 1.16. The second-order valence-electron chi connectivity index (χ2n) is 14.7. The Kier molecular flexibility index (Phi) is 5.91. The van der Waals surface area contributed by atoms with Crippen LogP contribution >= 0.6 is 0 Å². The van der Waals surface area contributed by atoms with E-state index in [0.717, 1.165) is 71.1 Å². The maximum absolute atomic E-state index is 9.07. The van der Waals surface area contributed by atoms with Crippen molar-refractivity contribution in [3.05, 3.63) is 212 Å². The van der Waals surface area contributed by atoms with Gasteiger partial charge in [-0.2, -0.15) is 0 Å². The van der Waals surface area contributed by atoms with Gasteiger partial charge in [-0.1, -0.05) is 121 Å². The van der Waals surface area contributed by atoms with Crippen LogP contribution in [0.15, 0.2) is 212 Å². The van der Waals surface area contributed by atoms with Gasteiger partial charge < -0.3 is 13.7 Å². The number of aromatic nitrogens is 3. The first-order valence-electron chi connectivity index (χ1n) is 21.7. The molecular formula is C54H35N3. The fourth-order valence-electron chi connectivity index (χ4n) is 8.93. The number of rotatable bonds is 3. The van der Waals surface area contributed by atoms with Gasteiger partial charge in [0, 0.05) is 49.6 Å². The van der Waals surface area contributed by atoms with Crippen LogP contribution in [0.25, 0.3) is 104 Å². The Balaban J connectivity index is 1.21. The molecule has 2 aromatic heterocycles. The van der Waals surface area contributed by atoms with Gasteiger partial charge in [-0.25, -0.2) is 0 Å². The van der Waals surface area contributed by atoms with Crippen LogP contribution in [0.5, 0.6) is 0 Å². The zero-order chi connectivity index (χ0) is 41.8. The number of fused-ring (bicyclic) bond motifs is 11. The largest absolute Gasteiger partial charge is 0.310 e. The minimum atomic E-state index is -0.423. The molecule has 10 aromatic carbocycles. The van der Waals surface area contributed by atoms with E-state index in [1.54, 1.807) is 4.57 Å². The summed E-state index contributed by atoms with van der Waals surface area (Å²) in [6.45, 7) is 0. The summed E-state index contributed by atoms with van der Waals surface area (Å²) >= 11 is 0. The summed E-state index contributed by atoms with van der Waals surface area (Å²) in [6.07, 6.45) is 0. The average Bonchev–Trinajstić information content (AvgIpc) is 3.64. The van der Waals surface area contributed by atoms with Gasteiger partial charge in [-0.05, 0) is 129 Å². The predicted molar refractivity (Wildman–Crippen MR) is 242 cm³/mol. The lowest BCUT2D eigenvalue weighted by Crippen LogP contribution is -1.99. The topological polar surface area (TPSA) is 14.8 Å². The molecule has 8 bridgehead atoms. The van der Waals surface area contributed by atoms with E-state index >= 15 is 0 Å². The summed E-state index contributed by atoms with van der Waals surface area (Å²) < 4.78 is 50.2. The van der Waals surface area contributed by atoms with E-state index in [1.165, 1.54) is 16.2 Å². The molecule has 0 aliphatic heterocycles. The number of para-hydroxylation sites is 2. The highest BCUT2D eigenvalue weighted by Crippen LogP contribution is 2.37. The Bertz CT molecular complexity index is 3920. The third kappa shape index (κ3) is 4.99. The van der Waals surface area contributed by atoms with Gasteiger partial charge >= 0.3 is 0 Å². The van der Waals surface area contributed by atoms with Gasteiger partial charge in [0.2, 0.25) is 0 Å². The third-order valence-corrected chi connectivity index (χ3v) is 11.5. The standard InChI is InChI=1S/C54H35N3/c1-2-15-41(16-3-1)55-42-17-8-13-39(31-42)40-14-9-18-43(32-40)56(45-28-26-38-24-23-37-25-27-44(55)33-49(37)50(38)34-45)46-29-30-54-51(35-46)48-20-6-7-21-53(48)57(54)52-22-10-12-36-11-4-5-19-47(36)52/h1-35H/i1D,2D,3D,15D,16D. The second-order valence-corrected chi connectivity index (χ2v) is 14.7. The average molecular weight is 731 g/mol. The van der Waals surface area contributed by atoms with Crippen LogP contribution in [0, 0.1) is 0 Å². The van der Waals surface area contributed by atoms with Crippen molar-refractivity contribution < 1.29 is 6.85 Å². The smallest absolute Gasteiger partial charge is 0.0645 e. The van der Waals surface area contributed by atoms with Gasteiger partial charge in [0.25, 0.3) is 0 Å². The van der Waals surface area contributed by atoms with Crippen LogP contribution < -0.4 is 0 Å². The highest BCUT2D eigenvalue weighted by atomic mass is 15.0. The second kappa shape index (κ2) is 12.5. The first kappa shape index (κ1) is 27.0. The van der Waals surface area contributed by atoms with Gasteiger partial charge in [0.15, 0.2) is 0 Å². The van der Waals surface area contributed by atoms with Gasteiger partial charge in [-0.3, -0.25) is 0 Å². The number of nitrogens with zero attached hydrogens (tertiary/aromatic N) is 3. The molecular weight excluding hydrogens is 691 g/mol. The van der Waals surface area contributed by atoms with E-state index in [2.05, 4.69) is 167 Å². The lowest BCUT2D eigenvalue weighted by Gasteiger charge is -2.15. The van der Waals surface area contributed by atoms with Crippen molar-refractivity contribution in [1.82, 2.24) is 13.7 Å². The molecule has 57 heavy (non-hydrogen) atoms. The molecule has 0 N–H and O–H groups in total. The van der Waals surface area contributed by atoms with Crippen molar-refractivity contribution in [2.24, 2.45) is 0 Å². The number of hydrogen-bond donors (Lipinski definition) is 0. The molecule has 3 nitrogen and oxygen atoms in total. The molecule has 0 fully saturated rings. The number of benzene rings is 10. The summed E-state index contributed by atoms with van der Waals surface area (Å²) in [5.41, 5.74) is 7.84. The minimum absolute atomic E-state index is 0.0950. The summed E-state index contributed by atoms with van der Waals surface area (Å²) in [6, 6.07) is 62.2. The van der Waals surface area contributed by atoms with Crippen LogP contribution in [-0.2, 0) is 0 Å². The zero-order valence-corrected chi connectivity index (χ0v) is 30.7. The Morgan fingerprint density at radius 2 is 0.825 bits per heavy atom. The molecule has 0 spiro atoms. The monoisotopic (exact) mass is 730 g/mol. The van der Waals surface area contributed by atoms with Crippen molar-refractivity contribution in [2.75, 3.05) is 0 Å². The van der Waals surface area contributed by atoms with Crippen molar-refractivity contribution in [3.63, 3.8) is 0 Å². The molecule has 266 valence electrons. The van der Waals surface area contributed by atoms with E-state index in [4.69, 9.17) is 6.85 Å². The molecule has 0 saturated carbocycles. The number of hydrogen-bond acceptors (Lipinski definition) is 0. The van der Waals surface area contributed by atoms with Crippen LogP contribution in [0.4, 0.5) is 0 Å². The lowest BCUT2D eigenvalue weighted by atomic mass is 10.0. The molecule has 12 aromatic rings. The van der Waals surface area contributed by atoms with Gasteiger partial charge in [0.05, 0.1) is 23.6 Å². The van der Waals surface area contributed by atoms with E-state index in [9.17, 15) is 0 Å². The normalized spacial score (nSPS) is 13.1. The zero-order valence-electron chi connectivity index (χ0n) is 35.7. The third-order valence-electron chi connectivity index (χ3n) is 11.5. The molecule has 2 heterocycles. The van der Waals surface area contributed by atoms with E-state index in [-0.39, 0.29) is 29.9 Å². The Hall–Kier alpha value is -7.62. The van der Waals surface area contributed by atoms with Crippen molar-refractivity contribution in [3.8, 4) is 17.1 Å². The van der Waals surface area contributed by atoms with Crippen LogP contribution in [0.3, 0.4) is 0 Å². The molecule has 0 aliphatic rings. The quantitative estimate of drug-likeness (QED) is 0.161. The Labute approximate surface area is 335 Å². The van der Waals surface area contributed by atoms with Crippen LogP contribution in [-0.4, -0.2) is 13.7 Å². The van der Waals surface area contributed by atoms with Crippen molar-refractivity contribution >= 4 is 87.0 Å². The highest BCUT2D eigenvalue weighted by Gasteiger charge is 2.16. The maximum Gasteiger partial charge on any atom is 0.0645 e. The first-order valence-corrected chi connectivity index (χ1v) is 19.2. The fraction of sp³-hybridized carbons (Fsp3) is 0. The molecule has 3 heteroatoms. The summed E-state index contributed by atoms with van der Waals surface area (Å²) in [5.74, 6) is 0. The molecule has 0 saturated heterocycles. The van der Waals surface area contributed by atoms with Crippen molar-refractivity contribution in [1.29, 1.82) is 0 Å². The summed E-state index contributed by atoms with van der Waals surface area (Å²) in [4.78, 5) is 0. The Morgan fingerprint density at radius 3 is 1.54 bits per heavy atom. The first-order chi connectivity index (χ1) is 30.3. The van der Waals surface area contributed by atoms with E-state index in [1.807, 2.05) is 24.3 Å². The van der Waals surface area contributed by atoms with Crippen LogP contribution in [0.1, 0.15) is 6.85 Å².